The summed E-state index contributed by atoms with van der Waals surface area (Å²) in [5, 5.41) is 1.97. The van der Waals surface area contributed by atoms with Gasteiger partial charge in [-0.3, -0.25) is 9.69 Å². The van der Waals surface area contributed by atoms with Crippen LogP contribution < -0.4 is 14.2 Å². The van der Waals surface area contributed by atoms with Crippen LogP contribution in [0.25, 0.3) is 0 Å². The molecule has 1 aromatic heterocycles. The molecule has 1 amide bonds. The summed E-state index contributed by atoms with van der Waals surface area (Å²) in [6.45, 7) is 5.84. The quantitative estimate of drug-likeness (QED) is 0.759. The first-order valence-electron chi connectivity index (χ1n) is 8.92. The van der Waals surface area contributed by atoms with E-state index in [-0.39, 0.29) is 5.91 Å². The Kier molecular flexibility index (Phi) is 6.23. The van der Waals surface area contributed by atoms with E-state index in [1.807, 2.05) is 35.4 Å². The van der Waals surface area contributed by atoms with E-state index >= 15 is 0 Å². The van der Waals surface area contributed by atoms with E-state index in [0.29, 0.717) is 17.2 Å². The smallest absolute Gasteiger partial charge is 0.264 e. The van der Waals surface area contributed by atoms with Gasteiger partial charge in [-0.05, 0) is 30.0 Å². The van der Waals surface area contributed by atoms with E-state index in [1.54, 1.807) is 21.3 Å². The molecule has 0 spiro atoms. The average molecular weight is 391 g/mol. The molecule has 2 heterocycles. The molecule has 2 aromatic rings. The number of piperazine rings is 1. The van der Waals surface area contributed by atoms with Crippen LogP contribution in [0, 0.1) is 6.92 Å². The van der Waals surface area contributed by atoms with Crippen LogP contribution in [0.5, 0.6) is 17.2 Å². The van der Waals surface area contributed by atoms with Crippen LogP contribution in [0.3, 0.4) is 0 Å². The van der Waals surface area contributed by atoms with Gasteiger partial charge in [0, 0.05) is 38.3 Å². The normalized spacial score (nSPS) is 14.9. The summed E-state index contributed by atoms with van der Waals surface area (Å²) >= 11 is 1.52. The lowest BCUT2D eigenvalue weighted by Crippen LogP contribution is -2.48. The van der Waals surface area contributed by atoms with Crippen molar-refractivity contribution in [3.05, 3.63) is 39.6 Å². The van der Waals surface area contributed by atoms with Crippen LogP contribution in [0.15, 0.2) is 23.6 Å². The van der Waals surface area contributed by atoms with Crippen LogP contribution in [-0.2, 0) is 6.54 Å². The van der Waals surface area contributed by atoms with Gasteiger partial charge >= 0.3 is 0 Å². The van der Waals surface area contributed by atoms with Crippen LogP contribution in [0.2, 0.25) is 0 Å². The van der Waals surface area contributed by atoms with Crippen molar-refractivity contribution in [2.75, 3.05) is 47.5 Å². The topological polar surface area (TPSA) is 51.2 Å². The highest BCUT2D eigenvalue weighted by atomic mass is 32.1. The number of ether oxygens (including phenoxy) is 3. The van der Waals surface area contributed by atoms with Gasteiger partial charge in [-0.2, -0.15) is 0 Å². The molecule has 27 heavy (non-hydrogen) atoms. The van der Waals surface area contributed by atoms with E-state index in [4.69, 9.17) is 14.2 Å². The Bertz CT molecular complexity index is 797. The largest absolute Gasteiger partial charge is 0.493 e. The number of hydrogen-bond donors (Lipinski definition) is 0. The molecule has 0 atom stereocenters. The Morgan fingerprint density at radius 3 is 2.26 bits per heavy atom. The van der Waals surface area contributed by atoms with E-state index in [2.05, 4.69) is 4.90 Å². The highest BCUT2D eigenvalue weighted by Crippen LogP contribution is 2.40. The second-order valence-electron chi connectivity index (χ2n) is 6.49. The van der Waals surface area contributed by atoms with Gasteiger partial charge < -0.3 is 19.1 Å². The molecule has 1 saturated heterocycles. The van der Waals surface area contributed by atoms with E-state index in [0.717, 1.165) is 48.7 Å². The third kappa shape index (κ3) is 4.04. The third-order valence-corrected chi connectivity index (χ3v) is 5.90. The lowest BCUT2D eigenvalue weighted by atomic mass is 10.1. The Labute approximate surface area is 164 Å². The maximum atomic E-state index is 12.7. The molecule has 146 valence electrons. The minimum atomic E-state index is 0.144. The second-order valence-corrected chi connectivity index (χ2v) is 7.41. The van der Waals surface area contributed by atoms with Gasteiger partial charge in [-0.15, -0.1) is 11.3 Å². The summed E-state index contributed by atoms with van der Waals surface area (Å²) in [5.41, 5.74) is 2.10. The summed E-state index contributed by atoms with van der Waals surface area (Å²) in [7, 11) is 4.87. The molecule has 6 nitrogen and oxygen atoms in total. The number of methoxy groups -OCH3 is 3. The van der Waals surface area contributed by atoms with Crippen molar-refractivity contribution < 1.29 is 19.0 Å². The fraction of sp³-hybridized carbons (Fsp3) is 0.450. The molecule has 0 aliphatic carbocycles. The maximum absolute atomic E-state index is 12.7. The Morgan fingerprint density at radius 2 is 1.70 bits per heavy atom. The van der Waals surface area contributed by atoms with Gasteiger partial charge in [0.1, 0.15) is 0 Å². The summed E-state index contributed by atoms with van der Waals surface area (Å²) in [6.07, 6.45) is 0. The minimum Gasteiger partial charge on any atom is -0.493 e. The Balaban J connectivity index is 1.66. The number of rotatable bonds is 6. The maximum Gasteiger partial charge on any atom is 0.264 e. The van der Waals surface area contributed by atoms with Crippen molar-refractivity contribution in [2.45, 2.75) is 13.5 Å². The molecule has 7 heteroatoms. The average Bonchev–Trinajstić information content (AvgIpc) is 3.13. The lowest BCUT2D eigenvalue weighted by Gasteiger charge is -2.35. The second kappa shape index (κ2) is 8.63. The van der Waals surface area contributed by atoms with Crippen molar-refractivity contribution in [3.8, 4) is 17.2 Å². The van der Waals surface area contributed by atoms with Gasteiger partial charge in [0.25, 0.3) is 5.91 Å². The highest BCUT2D eigenvalue weighted by molar-refractivity contribution is 7.12. The van der Waals surface area contributed by atoms with Gasteiger partial charge in [0.15, 0.2) is 11.5 Å². The van der Waals surface area contributed by atoms with Gasteiger partial charge in [0.05, 0.1) is 26.2 Å². The zero-order valence-corrected chi connectivity index (χ0v) is 17.1. The number of hydrogen-bond acceptors (Lipinski definition) is 6. The van der Waals surface area contributed by atoms with Crippen molar-refractivity contribution in [3.63, 3.8) is 0 Å². The number of benzene rings is 1. The SMILES string of the molecule is COc1ccc(CN2CCN(C(=O)c3sccc3C)CC2)c(OC)c1OC. The fourth-order valence-electron chi connectivity index (χ4n) is 3.37. The number of amides is 1. The molecule has 0 unspecified atom stereocenters. The van der Waals surface area contributed by atoms with Crippen LogP contribution in [-0.4, -0.2) is 63.2 Å². The van der Waals surface area contributed by atoms with Gasteiger partial charge in [0.2, 0.25) is 5.75 Å². The molecule has 1 fully saturated rings. The first kappa shape index (κ1) is 19.5. The molecule has 1 aromatic carbocycles. The molecule has 1 aliphatic heterocycles. The molecular weight excluding hydrogens is 364 g/mol. The standard InChI is InChI=1S/C20H26N2O4S/c1-14-7-12-27-19(14)20(23)22-10-8-21(9-11-22)13-15-5-6-16(24-2)18(26-4)17(15)25-3/h5-7,12H,8-11,13H2,1-4H3. The van der Waals surface area contributed by atoms with Crippen molar-refractivity contribution >= 4 is 17.2 Å². The summed E-state index contributed by atoms with van der Waals surface area (Å²) in [6, 6.07) is 5.90. The zero-order chi connectivity index (χ0) is 19.4. The summed E-state index contributed by atoms with van der Waals surface area (Å²) < 4.78 is 16.4. The van der Waals surface area contributed by atoms with E-state index in [1.165, 1.54) is 11.3 Å². The van der Waals surface area contributed by atoms with E-state index in [9.17, 15) is 4.79 Å². The minimum absolute atomic E-state index is 0.144. The first-order valence-corrected chi connectivity index (χ1v) is 9.80. The van der Waals surface area contributed by atoms with Crippen LogP contribution in [0.4, 0.5) is 0 Å². The Morgan fingerprint density at radius 1 is 1.00 bits per heavy atom. The molecule has 0 radical (unpaired) electrons. The predicted molar refractivity (Wildman–Crippen MR) is 106 cm³/mol. The van der Waals surface area contributed by atoms with Crippen LogP contribution in [0.1, 0.15) is 20.8 Å². The number of carbonyl (C=O) groups excluding carboxylic acids is 1. The third-order valence-electron chi connectivity index (χ3n) is 4.90. The van der Waals surface area contributed by atoms with E-state index < -0.39 is 0 Å². The van der Waals surface area contributed by atoms with Gasteiger partial charge in [-0.1, -0.05) is 6.07 Å². The summed E-state index contributed by atoms with van der Waals surface area (Å²) in [5.74, 6) is 2.11. The molecule has 0 saturated carbocycles. The van der Waals surface area contributed by atoms with Gasteiger partial charge in [-0.25, -0.2) is 0 Å². The number of aryl methyl sites for hydroxylation is 1. The molecular formula is C20H26N2O4S. The molecule has 0 N–H and O–H groups in total. The number of carbonyl (C=O) groups is 1. The Hall–Kier alpha value is -2.25. The predicted octanol–water partition coefficient (Wildman–Crippen LogP) is 3.04. The molecule has 3 rings (SSSR count). The fourth-order valence-corrected chi connectivity index (χ4v) is 4.27. The monoisotopic (exact) mass is 390 g/mol. The summed E-state index contributed by atoms with van der Waals surface area (Å²) in [4.78, 5) is 17.8. The van der Waals surface area contributed by atoms with Crippen LogP contribution >= 0.6 is 11.3 Å². The molecule has 1 aliphatic rings. The lowest BCUT2D eigenvalue weighted by molar-refractivity contribution is 0.0631. The zero-order valence-electron chi connectivity index (χ0n) is 16.3. The van der Waals surface area contributed by atoms with Crippen molar-refractivity contribution in [1.29, 1.82) is 0 Å². The first-order chi connectivity index (χ1) is 13.1. The number of thiophene rings is 1. The van der Waals surface area contributed by atoms with Crippen molar-refractivity contribution in [2.24, 2.45) is 0 Å². The van der Waals surface area contributed by atoms with Crippen molar-refractivity contribution in [1.82, 2.24) is 9.80 Å². The molecule has 0 bridgehead atoms. The highest BCUT2D eigenvalue weighted by Gasteiger charge is 2.25. The number of nitrogens with zero attached hydrogens (tertiary/aromatic N) is 2.